The first kappa shape index (κ1) is 13.9. The molecule has 0 bridgehead atoms. The molecule has 3 N–H and O–H groups in total. The van der Waals surface area contributed by atoms with Crippen LogP contribution in [-0.4, -0.2) is 34.5 Å². The Bertz CT molecular complexity index is 437. The highest BCUT2D eigenvalue weighted by Gasteiger charge is 2.29. The van der Waals surface area contributed by atoms with Crippen LogP contribution in [0.1, 0.15) is 11.7 Å². The van der Waals surface area contributed by atoms with Gasteiger partial charge >= 0.3 is 5.97 Å². The number of phenolic OH excluding ortho intramolecular Hbond substituents is 1. The van der Waals surface area contributed by atoms with Crippen molar-refractivity contribution in [2.75, 3.05) is 7.11 Å². The van der Waals surface area contributed by atoms with Crippen LogP contribution in [0.3, 0.4) is 0 Å². The van der Waals surface area contributed by atoms with E-state index in [1.54, 1.807) is 0 Å². The van der Waals surface area contributed by atoms with Crippen LogP contribution >= 0.6 is 15.9 Å². The summed E-state index contributed by atoms with van der Waals surface area (Å²) in [5.74, 6) is -2.90. The Kier molecular flexibility index (Phi) is 4.44. The fraction of sp³-hybridized carbons (Fsp3) is 0.300. The first-order valence-corrected chi connectivity index (χ1v) is 5.29. The minimum Gasteiger partial charge on any atom is -0.505 e. The molecule has 0 aliphatic rings. The van der Waals surface area contributed by atoms with Gasteiger partial charge in [-0.2, -0.15) is 0 Å². The predicted octanol–water partition coefficient (Wildman–Crippen LogP) is 0.861. The summed E-state index contributed by atoms with van der Waals surface area (Å²) in [5.41, 5.74) is -0.310. The number of ether oxygens (including phenoxy) is 1. The van der Waals surface area contributed by atoms with Crippen molar-refractivity contribution < 1.29 is 29.2 Å². The average molecular weight is 309 g/mol. The lowest BCUT2D eigenvalue weighted by Crippen LogP contribution is -2.29. The maximum atomic E-state index is 13.2. The van der Waals surface area contributed by atoms with E-state index in [0.717, 1.165) is 13.2 Å². The van der Waals surface area contributed by atoms with Crippen LogP contribution in [0.4, 0.5) is 4.39 Å². The number of rotatable bonds is 3. The second-order valence-electron chi connectivity index (χ2n) is 3.24. The molecule has 17 heavy (non-hydrogen) atoms. The van der Waals surface area contributed by atoms with Gasteiger partial charge in [0.25, 0.3) is 0 Å². The molecule has 1 rings (SSSR count). The van der Waals surface area contributed by atoms with E-state index in [0.29, 0.717) is 0 Å². The van der Waals surface area contributed by atoms with Crippen molar-refractivity contribution in [2.24, 2.45) is 0 Å². The van der Waals surface area contributed by atoms with Gasteiger partial charge in [0, 0.05) is 10.0 Å². The zero-order chi connectivity index (χ0) is 13.2. The molecule has 0 aromatic heterocycles. The van der Waals surface area contributed by atoms with E-state index in [2.05, 4.69) is 20.7 Å². The average Bonchev–Trinajstić information content (AvgIpc) is 2.30. The van der Waals surface area contributed by atoms with Crippen LogP contribution in [0.5, 0.6) is 5.75 Å². The molecule has 0 aliphatic heterocycles. The first-order chi connectivity index (χ1) is 7.88. The fourth-order valence-electron chi connectivity index (χ4n) is 1.23. The lowest BCUT2D eigenvalue weighted by molar-refractivity contribution is -0.156. The summed E-state index contributed by atoms with van der Waals surface area (Å²) in [6.07, 6.45) is -3.69. The smallest absolute Gasteiger partial charge is 0.337 e. The Morgan fingerprint density at radius 3 is 2.59 bits per heavy atom. The van der Waals surface area contributed by atoms with Gasteiger partial charge < -0.3 is 20.1 Å². The fourth-order valence-corrected chi connectivity index (χ4v) is 1.68. The van der Waals surface area contributed by atoms with Gasteiger partial charge in [-0.1, -0.05) is 15.9 Å². The van der Waals surface area contributed by atoms with Gasteiger partial charge in [-0.15, -0.1) is 0 Å². The summed E-state index contributed by atoms with van der Waals surface area (Å²) < 4.78 is 17.6. The quantitative estimate of drug-likeness (QED) is 0.721. The summed E-state index contributed by atoms with van der Waals surface area (Å²) in [7, 11) is 1.03. The van der Waals surface area contributed by atoms with E-state index in [-0.39, 0.29) is 10.0 Å². The third-order valence-corrected chi connectivity index (χ3v) is 2.58. The van der Waals surface area contributed by atoms with Crippen molar-refractivity contribution in [1.29, 1.82) is 0 Å². The Hall–Kier alpha value is -1.18. The number of aliphatic hydroxyl groups is 2. The summed E-state index contributed by atoms with van der Waals surface area (Å²) in [6.45, 7) is 0. The molecular formula is C10H10BrFO5. The van der Waals surface area contributed by atoms with Crippen molar-refractivity contribution in [2.45, 2.75) is 12.2 Å². The SMILES string of the molecule is COC(=O)C(O)C(O)c1cc(Br)cc(F)c1O. The Balaban J connectivity index is 3.12. The molecule has 0 saturated heterocycles. The first-order valence-electron chi connectivity index (χ1n) is 4.50. The lowest BCUT2D eigenvalue weighted by Gasteiger charge is -2.17. The number of phenols is 1. The molecule has 0 heterocycles. The molecule has 94 valence electrons. The summed E-state index contributed by atoms with van der Waals surface area (Å²) in [4.78, 5) is 11.0. The number of benzene rings is 1. The number of aliphatic hydroxyl groups excluding tert-OH is 2. The Morgan fingerprint density at radius 2 is 2.06 bits per heavy atom. The third kappa shape index (κ3) is 2.93. The zero-order valence-electron chi connectivity index (χ0n) is 8.72. The van der Waals surface area contributed by atoms with E-state index in [4.69, 9.17) is 0 Å². The van der Waals surface area contributed by atoms with Crippen molar-refractivity contribution in [3.05, 3.63) is 28.0 Å². The van der Waals surface area contributed by atoms with Crippen LogP contribution < -0.4 is 0 Å². The maximum absolute atomic E-state index is 13.2. The number of aromatic hydroxyl groups is 1. The topological polar surface area (TPSA) is 87.0 Å². The molecule has 0 radical (unpaired) electrons. The van der Waals surface area contributed by atoms with E-state index in [9.17, 15) is 24.5 Å². The highest BCUT2D eigenvalue weighted by atomic mass is 79.9. The Labute approximate surface area is 105 Å². The van der Waals surface area contributed by atoms with Crippen LogP contribution in [-0.2, 0) is 9.53 Å². The molecule has 0 fully saturated rings. The molecule has 7 heteroatoms. The minimum absolute atomic E-state index is 0.249. The van der Waals surface area contributed by atoms with Gasteiger partial charge in [-0.25, -0.2) is 9.18 Å². The number of methoxy groups -OCH3 is 1. The molecule has 1 aromatic carbocycles. The zero-order valence-corrected chi connectivity index (χ0v) is 10.3. The second kappa shape index (κ2) is 5.44. The van der Waals surface area contributed by atoms with Crippen LogP contribution in [0.15, 0.2) is 16.6 Å². The molecular weight excluding hydrogens is 299 g/mol. The van der Waals surface area contributed by atoms with E-state index in [1.807, 2.05) is 0 Å². The number of hydrogen-bond donors (Lipinski definition) is 3. The summed E-state index contributed by atoms with van der Waals surface area (Å²) in [6, 6.07) is 2.17. The van der Waals surface area contributed by atoms with Gasteiger partial charge in [0.15, 0.2) is 17.7 Å². The number of carbonyl (C=O) groups excluding carboxylic acids is 1. The largest absolute Gasteiger partial charge is 0.505 e. The standard InChI is InChI=1S/C10H10BrFO5/c1-17-10(16)9(15)8(14)5-2-4(11)3-6(12)7(5)13/h2-3,8-9,13-15H,1H3. The molecule has 5 nitrogen and oxygen atoms in total. The molecule has 0 saturated carbocycles. The highest BCUT2D eigenvalue weighted by molar-refractivity contribution is 9.10. The monoisotopic (exact) mass is 308 g/mol. The van der Waals surface area contributed by atoms with Crippen molar-refractivity contribution in [3.63, 3.8) is 0 Å². The van der Waals surface area contributed by atoms with E-state index in [1.165, 1.54) is 6.07 Å². The normalized spacial score (nSPS) is 14.2. The molecule has 2 unspecified atom stereocenters. The van der Waals surface area contributed by atoms with Gasteiger partial charge in [0.2, 0.25) is 0 Å². The van der Waals surface area contributed by atoms with Gasteiger partial charge in [-0.3, -0.25) is 0 Å². The number of halogens is 2. The van der Waals surface area contributed by atoms with Crippen LogP contribution in [0.25, 0.3) is 0 Å². The van der Waals surface area contributed by atoms with Crippen molar-refractivity contribution >= 4 is 21.9 Å². The van der Waals surface area contributed by atoms with Crippen molar-refractivity contribution in [3.8, 4) is 5.75 Å². The van der Waals surface area contributed by atoms with E-state index >= 15 is 0 Å². The summed E-state index contributed by atoms with van der Waals surface area (Å²) >= 11 is 2.96. The predicted molar refractivity (Wildman–Crippen MR) is 58.7 cm³/mol. The maximum Gasteiger partial charge on any atom is 0.337 e. The highest BCUT2D eigenvalue weighted by Crippen LogP contribution is 2.32. The van der Waals surface area contributed by atoms with Crippen LogP contribution in [0, 0.1) is 5.82 Å². The number of hydrogen-bond acceptors (Lipinski definition) is 5. The van der Waals surface area contributed by atoms with Crippen molar-refractivity contribution in [1.82, 2.24) is 0 Å². The molecule has 0 aliphatic carbocycles. The van der Waals surface area contributed by atoms with Gasteiger partial charge in [-0.05, 0) is 12.1 Å². The second-order valence-corrected chi connectivity index (χ2v) is 4.15. The number of esters is 1. The molecule has 0 amide bonds. The molecule has 0 spiro atoms. The van der Waals surface area contributed by atoms with Crippen LogP contribution in [0.2, 0.25) is 0 Å². The van der Waals surface area contributed by atoms with Gasteiger partial charge in [0.05, 0.1) is 7.11 Å². The Morgan fingerprint density at radius 1 is 1.47 bits per heavy atom. The molecule has 2 atom stereocenters. The lowest BCUT2D eigenvalue weighted by atomic mass is 10.0. The minimum atomic E-state index is -1.90. The number of carbonyl (C=O) groups is 1. The van der Waals surface area contributed by atoms with Gasteiger partial charge in [0.1, 0.15) is 6.10 Å². The summed E-state index contributed by atoms with van der Waals surface area (Å²) in [5, 5.41) is 28.4. The third-order valence-electron chi connectivity index (χ3n) is 2.12. The molecule has 1 aromatic rings. The van der Waals surface area contributed by atoms with E-state index < -0.39 is 29.7 Å².